The molecule has 0 saturated carbocycles. The molecule has 0 radical (unpaired) electrons. The van der Waals surface area contributed by atoms with Crippen LogP contribution in [0.3, 0.4) is 0 Å². The number of nitrogens with zero attached hydrogens (tertiary/aromatic N) is 3. The molecule has 0 saturated heterocycles. The van der Waals surface area contributed by atoms with E-state index in [0.717, 1.165) is 29.2 Å². The first kappa shape index (κ1) is 12.0. The molecule has 19 heavy (non-hydrogen) atoms. The van der Waals surface area contributed by atoms with Gasteiger partial charge in [0, 0.05) is 19.2 Å². The van der Waals surface area contributed by atoms with Crippen molar-refractivity contribution in [1.82, 2.24) is 15.0 Å². The molecule has 0 bridgehead atoms. The molecule has 96 valence electrons. The Bertz CT molecular complexity index is 659. The van der Waals surface area contributed by atoms with Gasteiger partial charge in [-0.1, -0.05) is 12.1 Å². The normalized spacial score (nSPS) is 10.8. The van der Waals surface area contributed by atoms with E-state index >= 15 is 0 Å². The van der Waals surface area contributed by atoms with Crippen LogP contribution in [0.5, 0.6) is 0 Å². The summed E-state index contributed by atoms with van der Waals surface area (Å²) in [5.41, 5.74) is 2.05. The van der Waals surface area contributed by atoms with Crippen molar-refractivity contribution in [2.24, 2.45) is 0 Å². The molecule has 0 aliphatic heterocycles. The molecule has 0 aliphatic carbocycles. The Morgan fingerprint density at radius 1 is 1.16 bits per heavy atom. The lowest BCUT2D eigenvalue weighted by Gasteiger charge is -2.02. The summed E-state index contributed by atoms with van der Waals surface area (Å²) in [5, 5.41) is 4.21. The summed E-state index contributed by atoms with van der Waals surface area (Å²) in [4.78, 5) is 13.3. The topological polar surface area (TPSA) is 50.7 Å². The number of benzene rings is 1. The standard InChI is InChI=1S/C14H14N4S/c1-2-15-14-16-8-7-10(17-14)9-13-18-11-5-3-4-6-12(11)19-13/h3-8H,2,9H2,1H3,(H,15,16,17). The summed E-state index contributed by atoms with van der Waals surface area (Å²) in [6.07, 6.45) is 2.54. The minimum Gasteiger partial charge on any atom is -0.354 e. The first-order chi connectivity index (χ1) is 9.35. The van der Waals surface area contributed by atoms with Crippen molar-refractivity contribution in [2.75, 3.05) is 11.9 Å². The molecule has 3 rings (SSSR count). The predicted molar refractivity (Wildman–Crippen MR) is 78.6 cm³/mol. The zero-order chi connectivity index (χ0) is 13.1. The number of aromatic nitrogens is 3. The van der Waals surface area contributed by atoms with Crippen LogP contribution in [0.4, 0.5) is 5.95 Å². The van der Waals surface area contributed by atoms with Gasteiger partial charge in [0.1, 0.15) is 0 Å². The van der Waals surface area contributed by atoms with Crippen LogP contribution in [0.1, 0.15) is 17.6 Å². The molecule has 0 atom stereocenters. The Hall–Kier alpha value is -2.01. The van der Waals surface area contributed by atoms with Gasteiger partial charge in [0.25, 0.3) is 0 Å². The van der Waals surface area contributed by atoms with Gasteiger partial charge in [-0.15, -0.1) is 11.3 Å². The van der Waals surface area contributed by atoms with Gasteiger partial charge >= 0.3 is 0 Å². The molecule has 4 nitrogen and oxygen atoms in total. The third kappa shape index (κ3) is 2.71. The minimum atomic E-state index is 0.682. The minimum absolute atomic E-state index is 0.682. The summed E-state index contributed by atoms with van der Waals surface area (Å²) in [7, 11) is 0. The van der Waals surface area contributed by atoms with Gasteiger partial charge in [-0.05, 0) is 25.1 Å². The number of hydrogen-bond donors (Lipinski definition) is 1. The SMILES string of the molecule is CCNc1nccc(Cc2nc3ccccc3s2)n1. The molecule has 1 N–H and O–H groups in total. The van der Waals surface area contributed by atoms with Crippen molar-refractivity contribution in [3.05, 3.63) is 47.2 Å². The highest BCUT2D eigenvalue weighted by Gasteiger charge is 2.06. The van der Waals surface area contributed by atoms with Crippen LogP contribution in [0.25, 0.3) is 10.2 Å². The maximum Gasteiger partial charge on any atom is 0.222 e. The van der Waals surface area contributed by atoms with Crippen LogP contribution in [-0.4, -0.2) is 21.5 Å². The lowest BCUT2D eigenvalue weighted by Crippen LogP contribution is -2.03. The number of nitrogens with one attached hydrogen (secondary N) is 1. The number of thiazole rings is 1. The number of para-hydroxylation sites is 1. The summed E-state index contributed by atoms with van der Waals surface area (Å²) >= 11 is 1.72. The third-order valence-electron chi connectivity index (χ3n) is 2.72. The predicted octanol–water partition coefficient (Wildman–Crippen LogP) is 3.11. The first-order valence-corrected chi connectivity index (χ1v) is 7.07. The second kappa shape index (κ2) is 5.32. The summed E-state index contributed by atoms with van der Waals surface area (Å²) in [6, 6.07) is 10.1. The monoisotopic (exact) mass is 270 g/mol. The van der Waals surface area contributed by atoms with E-state index in [1.807, 2.05) is 31.2 Å². The Labute approximate surface area is 115 Å². The van der Waals surface area contributed by atoms with E-state index in [2.05, 4.69) is 26.3 Å². The van der Waals surface area contributed by atoms with Gasteiger partial charge in [0.05, 0.1) is 20.9 Å². The lowest BCUT2D eigenvalue weighted by atomic mass is 10.3. The average Bonchev–Trinajstić information content (AvgIpc) is 2.81. The van der Waals surface area contributed by atoms with Crippen LogP contribution in [-0.2, 0) is 6.42 Å². The summed E-state index contributed by atoms with van der Waals surface area (Å²) < 4.78 is 1.22. The number of rotatable bonds is 4. The zero-order valence-corrected chi connectivity index (χ0v) is 11.4. The molecule has 0 unspecified atom stereocenters. The van der Waals surface area contributed by atoms with Crippen molar-refractivity contribution in [1.29, 1.82) is 0 Å². The molecule has 5 heteroatoms. The van der Waals surface area contributed by atoms with Gasteiger partial charge in [0.15, 0.2) is 0 Å². The Balaban J connectivity index is 1.85. The first-order valence-electron chi connectivity index (χ1n) is 6.25. The molecule has 3 aromatic rings. The van der Waals surface area contributed by atoms with Crippen molar-refractivity contribution in [3.8, 4) is 0 Å². The van der Waals surface area contributed by atoms with Gasteiger partial charge in [-0.2, -0.15) is 0 Å². The van der Waals surface area contributed by atoms with Crippen molar-refractivity contribution in [3.63, 3.8) is 0 Å². The third-order valence-corrected chi connectivity index (χ3v) is 3.76. The molecule has 2 aromatic heterocycles. The lowest BCUT2D eigenvalue weighted by molar-refractivity contribution is 1.000. The fraction of sp³-hybridized carbons (Fsp3) is 0.214. The molecule has 2 heterocycles. The summed E-state index contributed by atoms with van der Waals surface area (Å²) in [5.74, 6) is 0.682. The van der Waals surface area contributed by atoms with Crippen molar-refractivity contribution < 1.29 is 0 Å². The van der Waals surface area contributed by atoms with Crippen molar-refractivity contribution >= 4 is 27.5 Å². The van der Waals surface area contributed by atoms with Crippen LogP contribution < -0.4 is 5.32 Å². The highest BCUT2D eigenvalue weighted by atomic mass is 32.1. The average molecular weight is 270 g/mol. The highest BCUT2D eigenvalue weighted by molar-refractivity contribution is 7.18. The van der Waals surface area contributed by atoms with Crippen LogP contribution in [0.15, 0.2) is 36.5 Å². The van der Waals surface area contributed by atoms with E-state index in [9.17, 15) is 0 Å². The molecule has 0 aliphatic rings. The van der Waals surface area contributed by atoms with E-state index in [0.29, 0.717) is 5.95 Å². The highest BCUT2D eigenvalue weighted by Crippen LogP contribution is 2.23. The van der Waals surface area contributed by atoms with E-state index in [4.69, 9.17) is 0 Å². The molecular formula is C14H14N4S. The van der Waals surface area contributed by atoms with E-state index < -0.39 is 0 Å². The van der Waals surface area contributed by atoms with E-state index in [1.165, 1.54) is 4.70 Å². The van der Waals surface area contributed by atoms with Crippen molar-refractivity contribution in [2.45, 2.75) is 13.3 Å². The fourth-order valence-electron chi connectivity index (χ4n) is 1.89. The van der Waals surface area contributed by atoms with Crippen LogP contribution in [0.2, 0.25) is 0 Å². The maximum absolute atomic E-state index is 4.62. The van der Waals surface area contributed by atoms with Crippen LogP contribution in [0, 0.1) is 0 Å². The van der Waals surface area contributed by atoms with Gasteiger partial charge in [0.2, 0.25) is 5.95 Å². The molecule has 0 fully saturated rings. The maximum atomic E-state index is 4.62. The molecular weight excluding hydrogens is 256 g/mol. The van der Waals surface area contributed by atoms with Gasteiger partial charge < -0.3 is 5.32 Å². The second-order valence-electron chi connectivity index (χ2n) is 4.15. The Kier molecular flexibility index (Phi) is 3.37. The Morgan fingerprint density at radius 2 is 2.05 bits per heavy atom. The molecule has 0 spiro atoms. The smallest absolute Gasteiger partial charge is 0.222 e. The Morgan fingerprint density at radius 3 is 2.89 bits per heavy atom. The number of hydrogen-bond acceptors (Lipinski definition) is 5. The number of fused-ring (bicyclic) bond motifs is 1. The quantitative estimate of drug-likeness (QED) is 0.791. The zero-order valence-electron chi connectivity index (χ0n) is 10.6. The molecule has 0 amide bonds. The largest absolute Gasteiger partial charge is 0.354 e. The van der Waals surface area contributed by atoms with E-state index in [-0.39, 0.29) is 0 Å². The summed E-state index contributed by atoms with van der Waals surface area (Å²) in [6.45, 7) is 2.86. The van der Waals surface area contributed by atoms with Crippen LogP contribution >= 0.6 is 11.3 Å². The van der Waals surface area contributed by atoms with Gasteiger partial charge in [-0.25, -0.2) is 15.0 Å². The second-order valence-corrected chi connectivity index (χ2v) is 5.27. The fourth-order valence-corrected chi connectivity index (χ4v) is 2.87. The molecule has 1 aromatic carbocycles. The number of anilines is 1. The van der Waals surface area contributed by atoms with Gasteiger partial charge in [-0.3, -0.25) is 0 Å². The van der Waals surface area contributed by atoms with E-state index in [1.54, 1.807) is 17.5 Å².